The smallest absolute Gasteiger partial charge is 0.410 e. The molecule has 2 aromatic heterocycles. The van der Waals surface area contributed by atoms with Gasteiger partial charge in [0, 0.05) is 25.2 Å². The number of halogens is 4. The van der Waals surface area contributed by atoms with E-state index >= 15 is 0 Å². The zero-order valence-corrected chi connectivity index (χ0v) is 16.5. The van der Waals surface area contributed by atoms with Gasteiger partial charge >= 0.3 is 12.3 Å². The Morgan fingerprint density at radius 2 is 2.07 bits per heavy atom. The molecule has 0 aromatic carbocycles. The van der Waals surface area contributed by atoms with Crippen molar-refractivity contribution in [3.8, 4) is 5.88 Å². The van der Waals surface area contributed by atoms with Gasteiger partial charge in [-0.25, -0.2) is 9.78 Å². The van der Waals surface area contributed by atoms with Gasteiger partial charge in [0.15, 0.2) is 0 Å². The summed E-state index contributed by atoms with van der Waals surface area (Å²) in [5.74, 6) is 0.152. The van der Waals surface area contributed by atoms with Crippen molar-refractivity contribution >= 4 is 28.6 Å². The van der Waals surface area contributed by atoms with Crippen LogP contribution in [0.5, 0.6) is 5.88 Å². The lowest BCUT2D eigenvalue weighted by molar-refractivity contribution is -0.139. The number of nitrogens with zero attached hydrogens (tertiary/aromatic N) is 3. The van der Waals surface area contributed by atoms with E-state index in [1.165, 1.54) is 23.2 Å². The number of alkyl halides is 3. The fraction of sp³-hybridized carbons (Fsp3) is 0.556. The van der Waals surface area contributed by atoms with Crippen LogP contribution in [0.1, 0.15) is 27.2 Å². The largest absolute Gasteiger partial charge is 0.472 e. The maximum absolute atomic E-state index is 12.8. The number of carbonyl (C=O) groups excluding carboxylic acids is 1. The van der Waals surface area contributed by atoms with Crippen LogP contribution in [-0.2, 0) is 11.3 Å². The minimum absolute atomic E-state index is 0.0339. The molecule has 1 saturated heterocycles. The van der Waals surface area contributed by atoms with Crippen LogP contribution >= 0.6 is 11.6 Å². The highest BCUT2D eigenvalue weighted by Gasteiger charge is 2.32. The zero-order chi connectivity index (χ0) is 20.7. The van der Waals surface area contributed by atoms with Crippen LogP contribution in [0, 0.1) is 0 Å². The van der Waals surface area contributed by atoms with Crippen LogP contribution in [0.15, 0.2) is 18.3 Å². The molecule has 28 heavy (non-hydrogen) atoms. The first-order valence-corrected chi connectivity index (χ1v) is 9.16. The van der Waals surface area contributed by atoms with Crippen LogP contribution in [0.2, 0.25) is 5.15 Å². The molecule has 0 spiro atoms. The van der Waals surface area contributed by atoms with Crippen molar-refractivity contribution < 1.29 is 27.4 Å². The number of carbonyl (C=O) groups is 1. The molecule has 0 bridgehead atoms. The van der Waals surface area contributed by atoms with Gasteiger partial charge in [-0.3, -0.25) is 0 Å². The zero-order valence-electron chi connectivity index (χ0n) is 15.7. The lowest BCUT2D eigenvalue weighted by Crippen LogP contribution is -2.36. The molecule has 0 saturated carbocycles. The van der Waals surface area contributed by atoms with Crippen molar-refractivity contribution in [2.24, 2.45) is 0 Å². The van der Waals surface area contributed by atoms with E-state index in [2.05, 4.69) is 4.98 Å². The summed E-state index contributed by atoms with van der Waals surface area (Å²) in [6.45, 7) is 4.98. The Bertz CT molecular complexity index is 877. The minimum Gasteiger partial charge on any atom is -0.472 e. The molecule has 0 radical (unpaired) electrons. The second-order valence-electron chi connectivity index (χ2n) is 7.70. The highest BCUT2D eigenvalue weighted by Crippen LogP contribution is 2.31. The predicted molar refractivity (Wildman–Crippen MR) is 97.6 cm³/mol. The number of hydrogen-bond donors (Lipinski definition) is 0. The van der Waals surface area contributed by atoms with Crippen LogP contribution < -0.4 is 4.74 Å². The van der Waals surface area contributed by atoms with E-state index in [1.807, 2.05) is 0 Å². The van der Waals surface area contributed by atoms with E-state index in [0.717, 1.165) is 4.57 Å². The third kappa shape index (κ3) is 5.01. The van der Waals surface area contributed by atoms with Gasteiger partial charge in [0.25, 0.3) is 0 Å². The molecule has 1 fully saturated rings. The van der Waals surface area contributed by atoms with Gasteiger partial charge in [0.1, 0.15) is 23.4 Å². The molecule has 154 valence electrons. The first kappa shape index (κ1) is 20.6. The SMILES string of the molecule is CC(C)(C)OC(=O)N1CC[C@H](Oc2nc(Cl)cc3c2ccn3CC(F)(F)F)C1. The van der Waals surface area contributed by atoms with Gasteiger partial charge < -0.3 is 18.9 Å². The van der Waals surface area contributed by atoms with E-state index in [4.69, 9.17) is 21.1 Å². The van der Waals surface area contributed by atoms with Gasteiger partial charge in [-0.1, -0.05) is 11.6 Å². The van der Waals surface area contributed by atoms with Crippen molar-refractivity contribution in [2.45, 2.75) is 51.6 Å². The summed E-state index contributed by atoms with van der Waals surface area (Å²) >= 11 is 5.99. The first-order chi connectivity index (χ1) is 12.9. The Morgan fingerprint density at radius 3 is 2.71 bits per heavy atom. The van der Waals surface area contributed by atoms with Gasteiger partial charge in [0.05, 0.1) is 17.4 Å². The molecule has 6 nitrogen and oxygen atoms in total. The Balaban J connectivity index is 1.75. The van der Waals surface area contributed by atoms with Crippen molar-refractivity contribution in [1.29, 1.82) is 0 Å². The maximum Gasteiger partial charge on any atom is 0.410 e. The van der Waals surface area contributed by atoms with Crippen LogP contribution in [-0.4, -0.2) is 51.5 Å². The number of likely N-dealkylation sites (tertiary alicyclic amines) is 1. The Kier molecular flexibility index (Phi) is 5.40. The lowest BCUT2D eigenvalue weighted by Gasteiger charge is -2.24. The molecule has 10 heteroatoms. The molecule has 3 heterocycles. The third-order valence-corrected chi connectivity index (χ3v) is 4.32. The first-order valence-electron chi connectivity index (χ1n) is 8.78. The molecule has 2 aromatic rings. The van der Waals surface area contributed by atoms with Crippen molar-refractivity contribution in [3.63, 3.8) is 0 Å². The van der Waals surface area contributed by atoms with E-state index in [0.29, 0.717) is 24.9 Å². The van der Waals surface area contributed by atoms with Crippen LogP contribution in [0.25, 0.3) is 10.9 Å². The molecule has 0 N–H and O–H groups in total. The molecule has 1 amide bonds. The second kappa shape index (κ2) is 7.35. The predicted octanol–water partition coefficient (Wildman–Crippen LogP) is 4.64. The maximum atomic E-state index is 12.8. The number of rotatable bonds is 3. The summed E-state index contributed by atoms with van der Waals surface area (Å²) in [4.78, 5) is 17.8. The fourth-order valence-electron chi connectivity index (χ4n) is 3.02. The average Bonchev–Trinajstić information content (AvgIpc) is 3.12. The third-order valence-electron chi connectivity index (χ3n) is 4.13. The number of ether oxygens (including phenoxy) is 2. The Morgan fingerprint density at radius 1 is 1.36 bits per heavy atom. The lowest BCUT2D eigenvalue weighted by atomic mass is 10.2. The normalized spacial score (nSPS) is 18.0. The summed E-state index contributed by atoms with van der Waals surface area (Å²) in [7, 11) is 0. The molecular formula is C18H21ClF3N3O3. The van der Waals surface area contributed by atoms with Gasteiger partial charge in [-0.2, -0.15) is 13.2 Å². The second-order valence-corrected chi connectivity index (χ2v) is 8.08. The van der Waals surface area contributed by atoms with Gasteiger partial charge in [-0.05, 0) is 26.8 Å². The number of fused-ring (bicyclic) bond motifs is 1. The topological polar surface area (TPSA) is 56.6 Å². The van der Waals surface area contributed by atoms with Crippen LogP contribution in [0.3, 0.4) is 0 Å². The number of pyridine rings is 1. The van der Waals surface area contributed by atoms with Crippen molar-refractivity contribution in [1.82, 2.24) is 14.5 Å². The minimum atomic E-state index is -4.36. The molecule has 3 rings (SSSR count). The number of amides is 1. The fourth-order valence-corrected chi connectivity index (χ4v) is 3.20. The number of aromatic nitrogens is 2. The average molecular weight is 420 g/mol. The highest BCUT2D eigenvalue weighted by molar-refractivity contribution is 6.30. The molecule has 1 aliphatic heterocycles. The summed E-state index contributed by atoms with van der Waals surface area (Å²) in [6, 6.07) is 2.89. The molecule has 0 aliphatic carbocycles. The molecule has 1 atom stereocenters. The molecular weight excluding hydrogens is 399 g/mol. The van der Waals surface area contributed by atoms with E-state index in [9.17, 15) is 18.0 Å². The van der Waals surface area contributed by atoms with Crippen LogP contribution in [0.4, 0.5) is 18.0 Å². The summed E-state index contributed by atoms with van der Waals surface area (Å²) in [5.41, 5.74) is -0.313. The van der Waals surface area contributed by atoms with Crippen molar-refractivity contribution in [3.05, 3.63) is 23.5 Å². The highest BCUT2D eigenvalue weighted by atomic mass is 35.5. The summed E-state index contributed by atoms with van der Waals surface area (Å²) < 4.78 is 50.6. The Hall–Kier alpha value is -2.16. The van der Waals surface area contributed by atoms with Crippen molar-refractivity contribution in [2.75, 3.05) is 13.1 Å². The summed E-state index contributed by atoms with van der Waals surface area (Å²) in [6.07, 6.45) is -3.27. The summed E-state index contributed by atoms with van der Waals surface area (Å²) in [5, 5.41) is 0.469. The Labute approximate surface area is 165 Å². The van der Waals surface area contributed by atoms with E-state index < -0.39 is 24.4 Å². The monoisotopic (exact) mass is 419 g/mol. The van der Waals surface area contributed by atoms with E-state index in [-0.39, 0.29) is 22.7 Å². The molecule has 0 unspecified atom stereocenters. The van der Waals surface area contributed by atoms with E-state index in [1.54, 1.807) is 20.8 Å². The van der Waals surface area contributed by atoms with Gasteiger partial charge in [0.2, 0.25) is 5.88 Å². The molecule has 1 aliphatic rings. The quantitative estimate of drug-likeness (QED) is 0.680. The standard InChI is InChI=1S/C18H21ClF3N3O3/c1-17(2,3)28-16(26)24-6-4-11(9-24)27-15-12-5-7-25(10-18(20,21)22)13(12)8-14(19)23-15/h5,7-8,11H,4,6,9-10H2,1-3H3/t11-/m0/s1. The number of hydrogen-bond acceptors (Lipinski definition) is 4. The van der Waals surface area contributed by atoms with Gasteiger partial charge in [-0.15, -0.1) is 0 Å².